The van der Waals surface area contributed by atoms with Crippen LogP contribution in [-0.2, 0) is 5.54 Å². The Labute approximate surface area is 114 Å². The molecule has 0 aliphatic carbocycles. The van der Waals surface area contributed by atoms with Crippen LogP contribution in [0, 0.1) is 0 Å². The quantitative estimate of drug-likeness (QED) is 0.900. The van der Waals surface area contributed by atoms with Crippen molar-refractivity contribution in [2.24, 2.45) is 5.73 Å². The molecule has 0 fully saturated rings. The molecule has 2 rings (SSSR count). The van der Waals surface area contributed by atoms with Crippen molar-refractivity contribution in [1.29, 1.82) is 0 Å². The van der Waals surface area contributed by atoms with Gasteiger partial charge in [0.15, 0.2) is 0 Å². The maximum absolute atomic E-state index is 6.25. The molecule has 0 aromatic carbocycles. The fourth-order valence-electron chi connectivity index (χ4n) is 1.83. The van der Waals surface area contributed by atoms with Gasteiger partial charge in [0, 0.05) is 9.85 Å². The highest BCUT2D eigenvalue weighted by atomic mass is 79.9. The van der Waals surface area contributed by atoms with E-state index in [1.807, 2.05) is 13.1 Å². The fourth-order valence-corrected chi connectivity index (χ4v) is 3.22. The van der Waals surface area contributed by atoms with Crippen LogP contribution in [0.4, 0.5) is 0 Å². The van der Waals surface area contributed by atoms with Gasteiger partial charge in [0.1, 0.15) is 5.82 Å². The van der Waals surface area contributed by atoms with Crippen LogP contribution >= 0.6 is 27.3 Å². The standard InChI is InChI=1S/C12H16BrN3S/c1-3-4-12(2,14)11-15-6-9(16-11)10-5-8(13)7-17-10/h5-7H,3-4,14H2,1-2H3,(H,15,16). The molecule has 0 aliphatic heterocycles. The summed E-state index contributed by atoms with van der Waals surface area (Å²) in [7, 11) is 0. The van der Waals surface area contributed by atoms with E-state index in [1.165, 1.54) is 4.88 Å². The zero-order chi connectivity index (χ0) is 12.5. The minimum absolute atomic E-state index is 0.374. The highest BCUT2D eigenvalue weighted by molar-refractivity contribution is 9.10. The van der Waals surface area contributed by atoms with Crippen LogP contribution in [0.15, 0.2) is 22.1 Å². The summed E-state index contributed by atoms with van der Waals surface area (Å²) in [5.74, 6) is 0.860. The second-order valence-electron chi connectivity index (χ2n) is 4.44. The second kappa shape index (κ2) is 4.92. The van der Waals surface area contributed by atoms with Gasteiger partial charge in [-0.2, -0.15) is 0 Å². The molecule has 92 valence electrons. The molecule has 2 heterocycles. The van der Waals surface area contributed by atoms with Crippen LogP contribution in [0.1, 0.15) is 32.5 Å². The molecular weight excluding hydrogens is 298 g/mol. The highest BCUT2D eigenvalue weighted by Crippen LogP contribution is 2.30. The van der Waals surface area contributed by atoms with Crippen LogP contribution in [0.2, 0.25) is 0 Å². The predicted octanol–water partition coefficient (Wildman–Crippen LogP) is 3.87. The third-order valence-corrected chi connectivity index (χ3v) is 4.44. The molecule has 1 unspecified atom stereocenters. The number of nitrogens with one attached hydrogen (secondary N) is 1. The van der Waals surface area contributed by atoms with Crippen molar-refractivity contribution in [3.8, 4) is 10.6 Å². The van der Waals surface area contributed by atoms with Crippen molar-refractivity contribution < 1.29 is 0 Å². The smallest absolute Gasteiger partial charge is 0.126 e. The summed E-state index contributed by atoms with van der Waals surface area (Å²) in [5, 5.41) is 2.06. The zero-order valence-corrected chi connectivity index (χ0v) is 12.4. The lowest BCUT2D eigenvalue weighted by atomic mass is 9.97. The molecule has 1 atom stereocenters. The minimum atomic E-state index is -0.374. The van der Waals surface area contributed by atoms with Gasteiger partial charge in [-0.3, -0.25) is 0 Å². The molecule has 0 saturated heterocycles. The van der Waals surface area contributed by atoms with Crippen LogP contribution < -0.4 is 5.73 Å². The van der Waals surface area contributed by atoms with Crippen molar-refractivity contribution in [3.63, 3.8) is 0 Å². The topological polar surface area (TPSA) is 54.7 Å². The van der Waals surface area contributed by atoms with Crippen molar-refractivity contribution in [2.45, 2.75) is 32.2 Å². The van der Waals surface area contributed by atoms with Crippen LogP contribution in [0.3, 0.4) is 0 Å². The summed E-state index contributed by atoms with van der Waals surface area (Å²) in [6.45, 7) is 4.15. The molecule has 0 saturated carbocycles. The highest BCUT2D eigenvalue weighted by Gasteiger charge is 2.23. The number of hydrogen-bond acceptors (Lipinski definition) is 3. The average molecular weight is 314 g/mol. The van der Waals surface area contributed by atoms with Gasteiger partial charge < -0.3 is 10.7 Å². The predicted molar refractivity (Wildman–Crippen MR) is 76.0 cm³/mol. The van der Waals surface area contributed by atoms with E-state index in [0.29, 0.717) is 0 Å². The van der Waals surface area contributed by atoms with E-state index in [0.717, 1.165) is 28.8 Å². The van der Waals surface area contributed by atoms with E-state index in [-0.39, 0.29) is 5.54 Å². The Morgan fingerprint density at radius 2 is 2.35 bits per heavy atom. The Bertz CT molecular complexity index is 501. The first-order valence-corrected chi connectivity index (χ1v) is 7.29. The SMILES string of the molecule is CCCC(C)(N)c1ncc(-c2cc(Br)cs2)[nH]1. The number of H-pyrrole nitrogens is 1. The lowest BCUT2D eigenvalue weighted by Crippen LogP contribution is -2.34. The lowest BCUT2D eigenvalue weighted by molar-refractivity contribution is 0.423. The van der Waals surface area contributed by atoms with Gasteiger partial charge in [0.05, 0.1) is 22.3 Å². The van der Waals surface area contributed by atoms with E-state index < -0.39 is 0 Å². The number of halogens is 1. The van der Waals surface area contributed by atoms with Gasteiger partial charge in [0.25, 0.3) is 0 Å². The minimum Gasteiger partial charge on any atom is -0.340 e. The first-order valence-electron chi connectivity index (χ1n) is 5.61. The Balaban J connectivity index is 2.27. The van der Waals surface area contributed by atoms with Crippen molar-refractivity contribution in [3.05, 3.63) is 27.9 Å². The van der Waals surface area contributed by atoms with E-state index in [9.17, 15) is 0 Å². The Kier molecular flexibility index (Phi) is 3.70. The normalized spacial score (nSPS) is 14.8. The van der Waals surface area contributed by atoms with E-state index in [2.05, 4.69) is 44.3 Å². The maximum Gasteiger partial charge on any atom is 0.126 e. The van der Waals surface area contributed by atoms with Crippen LogP contribution in [0.25, 0.3) is 10.6 Å². The third-order valence-electron chi connectivity index (χ3n) is 2.72. The van der Waals surface area contributed by atoms with Crippen LogP contribution in [-0.4, -0.2) is 9.97 Å². The number of hydrogen-bond donors (Lipinski definition) is 2. The van der Waals surface area contributed by atoms with Gasteiger partial charge in [-0.05, 0) is 35.3 Å². The van der Waals surface area contributed by atoms with Gasteiger partial charge in [0.2, 0.25) is 0 Å². The summed E-state index contributed by atoms with van der Waals surface area (Å²) < 4.78 is 1.10. The summed E-state index contributed by atoms with van der Waals surface area (Å²) in [4.78, 5) is 8.89. The number of thiophene rings is 1. The molecule has 2 aromatic rings. The van der Waals surface area contributed by atoms with E-state index in [4.69, 9.17) is 5.73 Å². The lowest BCUT2D eigenvalue weighted by Gasteiger charge is -2.20. The Hall–Kier alpha value is -0.650. The molecule has 0 aliphatic rings. The molecule has 17 heavy (non-hydrogen) atoms. The Morgan fingerprint density at radius 3 is 2.94 bits per heavy atom. The number of nitrogens with two attached hydrogens (primary N) is 1. The molecule has 0 radical (unpaired) electrons. The number of imidazole rings is 1. The maximum atomic E-state index is 6.25. The summed E-state index contributed by atoms with van der Waals surface area (Å²) in [6, 6.07) is 2.08. The monoisotopic (exact) mass is 313 g/mol. The van der Waals surface area contributed by atoms with Crippen molar-refractivity contribution in [1.82, 2.24) is 9.97 Å². The van der Waals surface area contributed by atoms with Gasteiger partial charge >= 0.3 is 0 Å². The number of aromatic nitrogens is 2. The molecule has 0 bridgehead atoms. The first-order chi connectivity index (χ1) is 8.03. The average Bonchev–Trinajstić information content (AvgIpc) is 2.85. The molecule has 0 amide bonds. The van der Waals surface area contributed by atoms with Gasteiger partial charge in [-0.15, -0.1) is 11.3 Å². The number of aromatic amines is 1. The summed E-state index contributed by atoms with van der Waals surface area (Å²) in [6.07, 6.45) is 3.83. The van der Waals surface area contributed by atoms with Crippen LogP contribution in [0.5, 0.6) is 0 Å². The van der Waals surface area contributed by atoms with Crippen molar-refractivity contribution in [2.75, 3.05) is 0 Å². The molecule has 3 nitrogen and oxygen atoms in total. The van der Waals surface area contributed by atoms with Gasteiger partial charge in [-0.25, -0.2) is 4.98 Å². The largest absolute Gasteiger partial charge is 0.340 e. The first kappa shape index (κ1) is 12.8. The molecule has 3 N–H and O–H groups in total. The van der Waals surface area contributed by atoms with Gasteiger partial charge in [-0.1, -0.05) is 13.3 Å². The van der Waals surface area contributed by atoms with E-state index in [1.54, 1.807) is 11.3 Å². The number of nitrogens with zero attached hydrogens (tertiary/aromatic N) is 1. The Morgan fingerprint density at radius 1 is 1.59 bits per heavy atom. The molecule has 5 heteroatoms. The zero-order valence-electron chi connectivity index (χ0n) is 9.96. The summed E-state index contributed by atoms with van der Waals surface area (Å²) >= 11 is 5.13. The fraction of sp³-hybridized carbons (Fsp3) is 0.417. The molecular formula is C12H16BrN3S. The van der Waals surface area contributed by atoms with E-state index >= 15 is 0 Å². The molecule has 2 aromatic heterocycles. The molecule has 0 spiro atoms. The number of rotatable bonds is 4. The second-order valence-corrected chi connectivity index (χ2v) is 6.27. The van der Waals surface area contributed by atoms with Crippen molar-refractivity contribution >= 4 is 27.3 Å². The summed E-state index contributed by atoms with van der Waals surface area (Å²) in [5.41, 5.74) is 6.90. The third kappa shape index (κ3) is 2.78.